The van der Waals surface area contributed by atoms with Crippen LogP contribution >= 0.6 is 0 Å². The van der Waals surface area contributed by atoms with E-state index in [2.05, 4.69) is 6.92 Å². The second-order valence-electron chi connectivity index (χ2n) is 4.91. The molecule has 0 fully saturated rings. The number of ketones is 1. The lowest BCUT2D eigenvalue weighted by molar-refractivity contribution is -0.119. The summed E-state index contributed by atoms with van der Waals surface area (Å²) in [6.45, 7) is 5.59. The van der Waals surface area contributed by atoms with Crippen LogP contribution in [0.3, 0.4) is 0 Å². The smallest absolute Gasteiger partial charge is 0.231 e. The van der Waals surface area contributed by atoms with Gasteiger partial charge >= 0.3 is 0 Å². The number of hydrogen-bond donors (Lipinski definition) is 1. The molecule has 0 radical (unpaired) electrons. The molecule has 0 spiro atoms. The van der Waals surface area contributed by atoms with Crippen LogP contribution in [0.5, 0.6) is 5.75 Å². The maximum atomic E-state index is 12.2. The van der Waals surface area contributed by atoms with E-state index >= 15 is 0 Å². The number of benzene rings is 1. The standard InChI is InChI=1S/C16H24N2O3/c1-3-5-10-18(12-16(17)20)11-15(19)13-6-8-14(9-7-13)21-4-2/h6-9H,3-5,10-12H2,1-2H3,(H2,17,20). The Morgan fingerprint density at radius 3 is 2.33 bits per heavy atom. The molecule has 1 rings (SSSR count). The maximum absolute atomic E-state index is 12.2. The first kappa shape index (κ1) is 17.2. The van der Waals surface area contributed by atoms with Gasteiger partial charge in [0.05, 0.1) is 19.7 Å². The lowest BCUT2D eigenvalue weighted by Crippen LogP contribution is -2.38. The molecule has 0 saturated heterocycles. The summed E-state index contributed by atoms with van der Waals surface area (Å²) < 4.78 is 5.34. The average Bonchev–Trinajstić information content (AvgIpc) is 2.45. The number of hydrogen-bond acceptors (Lipinski definition) is 4. The fourth-order valence-corrected chi connectivity index (χ4v) is 2.01. The molecule has 1 aromatic rings. The van der Waals surface area contributed by atoms with Crippen LogP contribution < -0.4 is 10.5 Å². The molecule has 1 aromatic carbocycles. The van der Waals surface area contributed by atoms with Crippen molar-refractivity contribution in [2.75, 3.05) is 26.2 Å². The quantitative estimate of drug-likeness (QED) is 0.668. The number of Topliss-reactive ketones (excluding diaryl/α,β-unsaturated/α-hetero) is 1. The molecule has 0 aliphatic heterocycles. The Hall–Kier alpha value is -1.88. The number of nitrogens with zero attached hydrogens (tertiary/aromatic N) is 1. The molecule has 0 unspecified atom stereocenters. The minimum atomic E-state index is -0.411. The van der Waals surface area contributed by atoms with Crippen molar-refractivity contribution in [3.8, 4) is 5.75 Å². The minimum Gasteiger partial charge on any atom is -0.494 e. The van der Waals surface area contributed by atoms with Crippen LogP contribution in [0.25, 0.3) is 0 Å². The van der Waals surface area contributed by atoms with Gasteiger partial charge in [-0.05, 0) is 44.2 Å². The highest BCUT2D eigenvalue weighted by Crippen LogP contribution is 2.13. The van der Waals surface area contributed by atoms with Gasteiger partial charge < -0.3 is 10.5 Å². The second-order valence-corrected chi connectivity index (χ2v) is 4.91. The number of unbranched alkanes of at least 4 members (excludes halogenated alkanes) is 1. The molecule has 1 amide bonds. The summed E-state index contributed by atoms with van der Waals surface area (Å²) in [4.78, 5) is 25.1. The van der Waals surface area contributed by atoms with E-state index in [0.717, 1.165) is 18.6 Å². The van der Waals surface area contributed by atoms with E-state index in [1.54, 1.807) is 29.2 Å². The minimum absolute atomic E-state index is 0.0181. The van der Waals surface area contributed by atoms with Crippen molar-refractivity contribution in [2.45, 2.75) is 26.7 Å². The van der Waals surface area contributed by atoms with Crippen LogP contribution in [0.1, 0.15) is 37.0 Å². The van der Waals surface area contributed by atoms with Gasteiger partial charge in [-0.15, -0.1) is 0 Å². The number of primary amides is 1. The van der Waals surface area contributed by atoms with E-state index in [1.165, 1.54) is 0 Å². The first-order valence-electron chi connectivity index (χ1n) is 7.33. The van der Waals surface area contributed by atoms with E-state index < -0.39 is 5.91 Å². The number of ether oxygens (including phenoxy) is 1. The summed E-state index contributed by atoms with van der Waals surface area (Å²) in [6.07, 6.45) is 1.94. The Kier molecular flexibility index (Phi) is 7.46. The molecule has 21 heavy (non-hydrogen) atoms. The van der Waals surface area contributed by atoms with E-state index in [1.807, 2.05) is 6.92 Å². The van der Waals surface area contributed by atoms with Crippen molar-refractivity contribution in [3.05, 3.63) is 29.8 Å². The number of rotatable bonds is 10. The summed E-state index contributed by atoms with van der Waals surface area (Å²) in [6, 6.07) is 7.05. The zero-order chi connectivity index (χ0) is 15.7. The van der Waals surface area contributed by atoms with Gasteiger partial charge in [-0.2, -0.15) is 0 Å². The van der Waals surface area contributed by atoms with Crippen LogP contribution in [-0.4, -0.2) is 42.8 Å². The third-order valence-corrected chi connectivity index (χ3v) is 3.06. The average molecular weight is 292 g/mol. The van der Waals surface area contributed by atoms with Gasteiger partial charge in [-0.3, -0.25) is 14.5 Å². The predicted octanol–water partition coefficient (Wildman–Crippen LogP) is 1.86. The van der Waals surface area contributed by atoms with E-state index in [4.69, 9.17) is 10.5 Å². The first-order chi connectivity index (χ1) is 10.1. The summed E-state index contributed by atoms with van der Waals surface area (Å²) in [5.41, 5.74) is 5.84. The summed E-state index contributed by atoms with van der Waals surface area (Å²) >= 11 is 0. The molecule has 0 heterocycles. The van der Waals surface area contributed by atoms with Gasteiger partial charge in [0, 0.05) is 5.56 Å². The number of nitrogens with two attached hydrogens (primary N) is 1. The Bertz CT molecular complexity index is 457. The molecule has 0 aliphatic rings. The van der Waals surface area contributed by atoms with Crippen LogP contribution in [-0.2, 0) is 4.79 Å². The third kappa shape index (κ3) is 6.40. The van der Waals surface area contributed by atoms with Gasteiger partial charge in [0.15, 0.2) is 5.78 Å². The number of carbonyl (C=O) groups is 2. The SMILES string of the molecule is CCCCN(CC(N)=O)CC(=O)c1ccc(OCC)cc1. The molecule has 116 valence electrons. The highest BCUT2D eigenvalue weighted by Gasteiger charge is 2.14. The molecular formula is C16H24N2O3. The molecule has 5 heteroatoms. The molecule has 5 nitrogen and oxygen atoms in total. The molecule has 0 atom stereocenters. The van der Waals surface area contributed by atoms with Crippen LogP contribution in [0.4, 0.5) is 0 Å². The fraction of sp³-hybridized carbons (Fsp3) is 0.500. The van der Waals surface area contributed by atoms with Gasteiger partial charge in [-0.1, -0.05) is 13.3 Å². The molecule has 0 aliphatic carbocycles. The Morgan fingerprint density at radius 2 is 1.81 bits per heavy atom. The van der Waals surface area contributed by atoms with E-state index in [9.17, 15) is 9.59 Å². The normalized spacial score (nSPS) is 10.6. The molecule has 2 N–H and O–H groups in total. The van der Waals surface area contributed by atoms with Gasteiger partial charge in [-0.25, -0.2) is 0 Å². The molecule has 0 aromatic heterocycles. The number of carbonyl (C=O) groups excluding carboxylic acids is 2. The molecule has 0 saturated carbocycles. The fourth-order valence-electron chi connectivity index (χ4n) is 2.01. The first-order valence-corrected chi connectivity index (χ1v) is 7.33. The third-order valence-electron chi connectivity index (χ3n) is 3.06. The Morgan fingerprint density at radius 1 is 1.14 bits per heavy atom. The van der Waals surface area contributed by atoms with Crippen molar-refractivity contribution in [2.24, 2.45) is 5.73 Å². The Labute approximate surface area is 126 Å². The number of amides is 1. The monoisotopic (exact) mass is 292 g/mol. The van der Waals surface area contributed by atoms with E-state index in [-0.39, 0.29) is 18.9 Å². The van der Waals surface area contributed by atoms with Crippen molar-refractivity contribution in [1.29, 1.82) is 0 Å². The lowest BCUT2D eigenvalue weighted by Gasteiger charge is -2.19. The van der Waals surface area contributed by atoms with Crippen molar-refractivity contribution >= 4 is 11.7 Å². The summed E-state index contributed by atoms with van der Waals surface area (Å²) in [5, 5.41) is 0. The second kappa shape index (κ2) is 9.13. The molecule has 0 bridgehead atoms. The lowest BCUT2D eigenvalue weighted by atomic mass is 10.1. The van der Waals surface area contributed by atoms with Gasteiger partial charge in [0.25, 0.3) is 0 Å². The van der Waals surface area contributed by atoms with Crippen LogP contribution in [0.2, 0.25) is 0 Å². The topological polar surface area (TPSA) is 72.6 Å². The van der Waals surface area contributed by atoms with E-state index in [0.29, 0.717) is 18.7 Å². The summed E-state index contributed by atoms with van der Waals surface area (Å²) in [7, 11) is 0. The van der Waals surface area contributed by atoms with Gasteiger partial charge in [0.2, 0.25) is 5.91 Å². The highest BCUT2D eigenvalue weighted by atomic mass is 16.5. The van der Waals surface area contributed by atoms with Crippen molar-refractivity contribution < 1.29 is 14.3 Å². The largest absolute Gasteiger partial charge is 0.494 e. The van der Waals surface area contributed by atoms with Crippen molar-refractivity contribution in [3.63, 3.8) is 0 Å². The summed E-state index contributed by atoms with van der Waals surface area (Å²) in [5.74, 6) is 0.315. The highest BCUT2D eigenvalue weighted by molar-refractivity contribution is 5.97. The maximum Gasteiger partial charge on any atom is 0.231 e. The van der Waals surface area contributed by atoms with Crippen molar-refractivity contribution in [1.82, 2.24) is 4.90 Å². The molecular weight excluding hydrogens is 268 g/mol. The zero-order valence-electron chi connectivity index (χ0n) is 12.8. The zero-order valence-corrected chi connectivity index (χ0v) is 12.8. The van der Waals surface area contributed by atoms with Crippen LogP contribution in [0.15, 0.2) is 24.3 Å². The van der Waals surface area contributed by atoms with Gasteiger partial charge in [0.1, 0.15) is 5.75 Å². The Balaban J connectivity index is 2.64. The predicted molar refractivity (Wildman–Crippen MR) is 82.5 cm³/mol. The van der Waals surface area contributed by atoms with Crippen LogP contribution in [0, 0.1) is 0 Å².